The molecule has 0 aliphatic rings. The molecule has 0 bridgehead atoms. The second kappa shape index (κ2) is 9.24. The molecule has 1 rings (SSSR count). The van der Waals surface area contributed by atoms with Crippen LogP contribution < -0.4 is 5.32 Å². The smallest absolute Gasteiger partial charge is 0.193 e. The maximum absolute atomic E-state index is 11.4. The molecular weight excluding hydrogens is 401 g/mol. The predicted octanol–water partition coefficient (Wildman–Crippen LogP) is 1.78. The van der Waals surface area contributed by atoms with Crippen LogP contribution >= 0.6 is 24.0 Å². The molecular formula is C14H24IN3O2S. The van der Waals surface area contributed by atoms with Crippen molar-refractivity contribution in [2.45, 2.75) is 18.2 Å². The number of aliphatic imine (C=N–C) groups is 1. The number of halogens is 1. The topological polar surface area (TPSA) is 61.8 Å². The molecule has 0 spiro atoms. The van der Waals surface area contributed by atoms with E-state index in [9.17, 15) is 8.42 Å². The third kappa shape index (κ3) is 7.12. The highest BCUT2D eigenvalue weighted by Crippen LogP contribution is 2.10. The molecule has 1 aromatic rings. The molecule has 120 valence electrons. The van der Waals surface area contributed by atoms with E-state index in [0.717, 1.165) is 24.5 Å². The van der Waals surface area contributed by atoms with Gasteiger partial charge in [0.15, 0.2) is 15.8 Å². The van der Waals surface area contributed by atoms with Crippen molar-refractivity contribution >= 4 is 39.8 Å². The second-order valence-electron chi connectivity index (χ2n) is 4.80. The highest BCUT2D eigenvalue weighted by molar-refractivity contribution is 14.0. The van der Waals surface area contributed by atoms with Crippen molar-refractivity contribution < 1.29 is 8.42 Å². The van der Waals surface area contributed by atoms with Gasteiger partial charge in [-0.25, -0.2) is 8.42 Å². The van der Waals surface area contributed by atoms with Crippen LogP contribution in [-0.2, 0) is 16.3 Å². The summed E-state index contributed by atoms with van der Waals surface area (Å²) in [6.45, 7) is 3.53. The fourth-order valence-corrected chi connectivity index (χ4v) is 2.34. The lowest BCUT2D eigenvalue weighted by atomic mass is 10.1. The van der Waals surface area contributed by atoms with Gasteiger partial charge >= 0.3 is 0 Å². The molecule has 0 aliphatic heterocycles. The van der Waals surface area contributed by atoms with Crippen molar-refractivity contribution in [3.63, 3.8) is 0 Å². The van der Waals surface area contributed by atoms with Gasteiger partial charge in [-0.1, -0.05) is 12.1 Å². The highest BCUT2D eigenvalue weighted by Gasteiger charge is 2.06. The quantitative estimate of drug-likeness (QED) is 0.444. The Labute approximate surface area is 144 Å². The van der Waals surface area contributed by atoms with Crippen LogP contribution in [0.5, 0.6) is 0 Å². The summed E-state index contributed by atoms with van der Waals surface area (Å²) in [5, 5.41) is 3.19. The van der Waals surface area contributed by atoms with E-state index < -0.39 is 9.84 Å². The number of guanidine groups is 1. The highest BCUT2D eigenvalue weighted by atomic mass is 127. The summed E-state index contributed by atoms with van der Waals surface area (Å²) in [6, 6.07) is 6.97. The van der Waals surface area contributed by atoms with Crippen LogP contribution in [0.25, 0.3) is 0 Å². The van der Waals surface area contributed by atoms with E-state index in [1.165, 1.54) is 6.26 Å². The van der Waals surface area contributed by atoms with Gasteiger partial charge in [0.2, 0.25) is 0 Å². The van der Waals surface area contributed by atoms with Gasteiger partial charge in [0.25, 0.3) is 0 Å². The maximum Gasteiger partial charge on any atom is 0.193 e. The molecule has 0 amide bonds. The van der Waals surface area contributed by atoms with Crippen LogP contribution in [0.2, 0.25) is 0 Å². The van der Waals surface area contributed by atoms with E-state index in [2.05, 4.69) is 10.3 Å². The lowest BCUT2D eigenvalue weighted by Gasteiger charge is -2.16. The summed E-state index contributed by atoms with van der Waals surface area (Å²) in [7, 11) is 0.777. The van der Waals surface area contributed by atoms with Crippen molar-refractivity contribution in [3.05, 3.63) is 29.8 Å². The number of nitrogens with one attached hydrogen (secondary N) is 1. The van der Waals surface area contributed by atoms with Crippen molar-refractivity contribution in [2.24, 2.45) is 4.99 Å². The van der Waals surface area contributed by atoms with Crippen LogP contribution in [0.1, 0.15) is 12.5 Å². The molecule has 0 radical (unpaired) electrons. The van der Waals surface area contributed by atoms with Gasteiger partial charge in [0, 0.05) is 33.4 Å². The Morgan fingerprint density at radius 2 is 1.81 bits per heavy atom. The van der Waals surface area contributed by atoms with Crippen molar-refractivity contribution in [1.82, 2.24) is 10.2 Å². The number of nitrogens with zero attached hydrogens (tertiary/aromatic N) is 2. The third-order valence-electron chi connectivity index (χ3n) is 2.77. The van der Waals surface area contributed by atoms with Gasteiger partial charge < -0.3 is 10.2 Å². The normalized spacial score (nSPS) is 11.7. The molecule has 7 heteroatoms. The first-order valence-corrected chi connectivity index (χ1v) is 8.48. The number of rotatable bonds is 5. The summed E-state index contributed by atoms with van der Waals surface area (Å²) >= 11 is 0. The van der Waals surface area contributed by atoms with Crippen LogP contribution in [0.3, 0.4) is 0 Å². The molecule has 21 heavy (non-hydrogen) atoms. The van der Waals surface area contributed by atoms with Gasteiger partial charge in [-0.15, -0.1) is 24.0 Å². The molecule has 0 aliphatic carbocycles. The largest absolute Gasteiger partial charge is 0.357 e. The van der Waals surface area contributed by atoms with E-state index >= 15 is 0 Å². The maximum atomic E-state index is 11.4. The van der Waals surface area contributed by atoms with Gasteiger partial charge in [-0.05, 0) is 31.0 Å². The van der Waals surface area contributed by atoms with Crippen LogP contribution in [0.15, 0.2) is 34.2 Å². The fourth-order valence-electron chi connectivity index (χ4n) is 1.71. The molecule has 5 nitrogen and oxygen atoms in total. The first-order chi connectivity index (χ1) is 9.34. The number of benzene rings is 1. The zero-order valence-electron chi connectivity index (χ0n) is 13.0. The van der Waals surface area contributed by atoms with E-state index in [0.29, 0.717) is 11.4 Å². The van der Waals surface area contributed by atoms with Gasteiger partial charge in [0.05, 0.1) is 4.90 Å². The summed E-state index contributed by atoms with van der Waals surface area (Å²) in [5.41, 5.74) is 1.08. The Hall–Kier alpha value is -0.830. The number of hydrogen-bond donors (Lipinski definition) is 1. The Kier molecular flexibility index (Phi) is 8.88. The summed E-state index contributed by atoms with van der Waals surface area (Å²) in [4.78, 5) is 6.79. The standard InChI is InChI=1S/C14H23N3O2S.HI/c1-5-15-14(17(2)3)16-11-10-12-6-8-13(9-7-12)20(4,18)19;/h6-9H,5,10-11H2,1-4H3,(H,15,16);1H. The lowest BCUT2D eigenvalue weighted by Crippen LogP contribution is -2.36. The van der Waals surface area contributed by atoms with E-state index in [4.69, 9.17) is 0 Å². The minimum atomic E-state index is -3.12. The first kappa shape index (κ1) is 20.2. The van der Waals surface area contributed by atoms with Crippen LogP contribution in [0, 0.1) is 0 Å². The summed E-state index contributed by atoms with van der Waals surface area (Å²) in [5.74, 6) is 0.861. The van der Waals surface area contributed by atoms with Gasteiger partial charge in [-0.3, -0.25) is 4.99 Å². The zero-order chi connectivity index (χ0) is 15.2. The minimum absolute atomic E-state index is 0. The molecule has 0 atom stereocenters. The Morgan fingerprint density at radius 3 is 2.24 bits per heavy atom. The molecule has 0 unspecified atom stereocenters. The molecule has 0 saturated heterocycles. The average Bonchev–Trinajstić information content (AvgIpc) is 2.37. The van der Waals surface area contributed by atoms with Gasteiger partial charge in [-0.2, -0.15) is 0 Å². The van der Waals surface area contributed by atoms with E-state index in [-0.39, 0.29) is 24.0 Å². The molecule has 1 N–H and O–H groups in total. The van der Waals surface area contributed by atoms with Crippen LogP contribution in [-0.4, -0.2) is 52.7 Å². The fraction of sp³-hybridized carbons (Fsp3) is 0.500. The summed E-state index contributed by atoms with van der Waals surface area (Å²) in [6.07, 6.45) is 2.00. The molecule has 1 aromatic carbocycles. The van der Waals surface area contributed by atoms with Gasteiger partial charge in [0.1, 0.15) is 0 Å². The SMILES string of the molecule is CCNC(=NCCc1ccc(S(C)(=O)=O)cc1)N(C)C.I. The van der Waals surface area contributed by atoms with Crippen molar-refractivity contribution in [3.8, 4) is 0 Å². The Morgan fingerprint density at radius 1 is 1.24 bits per heavy atom. The van der Waals surface area contributed by atoms with Crippen molar-refractivity contribution in [1.29, 1.82) is 0 Å². The molecule has 0 saturated carbocycles. The van der Waals surface area contributed by atoms with E-state index in [1.807, 2.05) is 38.1 Å². The average molecular weight is 425 g/mol. The summed E-state index contributed by atoms with van der Waals surface area (Å²) < 4.78 is 22.7. The Bertz CT molecular complexity index is 554. The first-order valence-electron chi connectivity index (χ1n) is 6.59. The molecule has 0 aromatic heterocycles. The second-order valence-corrected chi connectivity index (χ2v) is 6.81. The predicted molar refractivity (Wildman–Crippen MR) is 98.3 cm³/mol. The molecule has 0 heterocycles. The number of sulfone groups is 1. The Balaban J connectivity index is 0.00000400. The minimum Gasteiger partial charge on any atom is -0.357 e. The van der Waals surface area contributed by atoms with Crippen molar-refractivity contribution in [2.75, 3.05) is 33.4 Å². The van der Waals surface area contributed by atoms with E-state index in [1.54, 1.807) is 12.1 Å². The monoisotopic (exact) mass is 425 g/mol. The zero-order valence-corrected chi connectivity index (χ0v) is 16.1. The lowest BCUT2D eigenvalue weighted by molar-refractivity contribution is 0.583. The number of hydrogen-bond acceptors (Lipinski definition) is 3. The third-order valence-corrected chi connectivity index (χ3v) is 3.90. The molecule has 0 fully saturated rings. The van der Waals surface area contributed by atoms with Crippen LogP contribution in [0.4, 0.5) is 0 Å².